The molecule has 3 rings (SSSR count). The Labute approximate surface area is 159 Å². The second kappa shape index (κ2) is 8.29. The maximum Gasteiger partial charge on any atom is 0.192 e. The zero-order chi connectivity index (χ0) is 18.5. The van der Waals surface area contributed by atoms with Gasteiger partial charge >= 0.3 is 0 Å². The van der Waals surface area contributed by atoms with Crippen LogP contribution < -0.4 is 0 Å². The highest BCUT2D eigenvalue weighted by Gasteiger charge is 2.17. The number of aromatic nitrogens is 3. The summed E-state index contributed by atoms with van der Waals surface area (Å²) in [5.74, 6) is 0.171. The van der Waals surface area contributed by atoms with E-state index in [9.17, 15) is 9.18 Å². The minimum absolute atomic E-state index is 0.0488. The molecule has 0 aliphatic heterocycles. The molecule has 2 aromatic carbocycles. The van der Waals surface area contributed by atoms with Crippen LogP contribution >= 0.6 is 23.4 Å². The van der Waals surface area contributed by atoms with Crippen LogP contribution in [0.1, 0.15) is 10.4 Å². The van der Waals surface area contributed by atoms with Gasteiger partial charge in [-0.2, -0.15) is 0 Å². The van der Waals surface area contributed by atoms with Crippen molar-refractivity contribution in [2.75, 3.05) is 5.75 Å². The molecule has 1 heterocycles. The number of carbonyl (C=O) groups is 1. The SMILES string of the molecule is C=CCn1c(SCC(=O)c2ccc(Cl)cc2)nnc1-c1ccccc1F. The quantitative estimate of drug-likeness (QED) is 0.328. The number of halogens is 2. The predicted molar refractivity (Wildman–Crippen MR) is 102 cm³/mol. The monoisotopic (exact) mass is 387 g/mol. The van der Waals surface area contributed by atoms with Crippen LogP contribution in [0.15, 0.2) is 66.3 Å². The standard InChI is InChI=1S/C19H15ClFN3OS/c1-2-11-24-18(15-5-3-4-6-16(15)21)22-23-19(24)26-12-17(25)13-7-9-14(20)10-8-13/h2-10H,1,11-12H2. The molecule has 0 aliphatic rings. The second-order valence-corrected chi connectivity index (χ2v) is 6.78. The molecular weight excluding hydrogens is 373 g/mol. The van der Waals surface area contributed by atoms with E-state index in [4.69, 9.17) is 11.6 Å². The van der Waals surface area contributed by atoms with Gasteiger partial charge in [-0.3, -0.25) is 9.36 Å². The van der Waals surface area contributed by atoms with E-state index in [0.717, 1.165) is 0 Å². The van der Waals surface area contributed by atoms with Gasteiger partial charge in [0.15, 0.2) is 16.8 Å². The van der Waals surface area contributed by atoms with Gasteiger partial charge in [-0.05, 0) is 36.4 Å². The highest BCUT2D eigenvalue weighted by atomic mass is 35.5. The Kier molecular flexibility index (Phi) is 5.85. The Bertz CT molecular complexity index is 940. The van der Waals surface area contributed by atoms with Gasteiger partial charge < -0.3 is 0 Å². The van der Waals surface area contributed by atoms with Crippen LogP contribution in [0.3, 0.4) is 0 Å². The molecule has 0 aliphatic carbocycles. The van der Waals surface area contributed by atoms with Gasteiger partial charge in [-0.1, -0.05) is 41.6 Å². The topological polar surface area (TPSA) is 47.8 Å². The third-order valence-electron chi connectivity index (χ3n) is 3.64. The van der Waals surface area contributed by atoms with Crippen molar-refractivity contribution in [3.8, 4) is 11.4 Å². The summed E-state index contributed by atoms with van der Waals surface area (Å²) in [5, 5.41) is 9.33. The van der Waals surface area contributed by atoms with E-state index in [0.29, 0.717) is 33.7 Å². The smallest absolute Gasteiger partial charge is 0.192 e. The number of allylic oxidation sites excluding steroid dienone is 1. The van der Waals surface area contributed by atoms with E-state index in [2.05, 4.69) is 16.8 Å². The number of rotatable bonds is 7. The van der Waals surface area contributed by atoms with Crippen LogP contribution in [0.2, 0.25) is 5.02 Å². The molecule has 0 N–H and O–H groups in total. The van der Waals surface area contributed by atoms with E-state index in [1.807, 2.05) is 0 Å². The van der Waals surface area contributed by atoms with Gasteiger partial charge in [-0.25, -0.2) is 4.39 Å². The zero-order valence-electron chi connectivity index (χ0n) is 13.7. The molecule has 0 fully saturated rings. The molecule has 0 saturated heterocycles. The van der Waals surface area contributed by atoms with Crippen LogP contribution in [0.25, 0.3) is 11.4 Å². The van der Waals surface area contributed by atoms with E-state index < -0.39 is 0 Å². The molecule has 1 aromatic heterocycles. The third-order valence-corrected chi connectivity index (χ3v) is 4.86. The fourth-order valence-corrected chi connectivity index (χ4v) is 3.35. The fraction of sp³-hybridized carbons (Fsp3) is 0.105. The highest BCUT2D eigenvalue weighted by Crippen LogP contribution is 2.26. The lowest BCUT2D eigenvalue weighted by molar-refractivity contribution is 0.102. The van der Waals surface area contributed by atoms with Crippen LogP contribution in [-0.4, -0.2) is 26.3 Å². The lowest BCUT2D eigenvalue weighted by atomic mass is 10.1. The number of thioether (sulfide) groups is 1. The molecule has 7 heteroatoms. The first kappa shape index (κ1) is 18.4. The first-order valence-corrected chi connectivity index (χ1v) is 9.17. The lowest BCUT2D eigenvalue weighted by Gasteiger charge is -2.08. The van der Waals surface area contributed by atoms with Gasteiger partial charge in [0, 0.05) is 17.1 Å². The van der Waals surface area contributed by atoms with Crippen LogP contribution in [-0.2, 0) is 6.54 Å². The molecular formula is C19H15ClFN3OS. The Morgan fingerprint density at radius 1 is 1.19 bits per heavy atom. The first-order valence-electron chi connectivity index (χ1n) is 7.80. The molecule has 0 unspecified atom stereocenters. The number of carbonyl (C=O) groups excluding carboxylic acids is 1. The van der Waals surface area contributed by atoms with Crippen molar-refractivity contribution in [2.24, 2.45) is 0 Å². The van der Waals surface area contributed by atoms with Crippen molar-refractivity contribution in [2.45, 2.75) is 11.7 Å². The summed E-state index contributed by atoms with van der Waals surface area (Å²) in [4.78, 5) is 12.3. The average molecular weight is 388 g/mol. The Balaban J connectivity index is 1.82. The van der Waals surface area contributed by atoms with Crippen molar-refractivity contribution >= 4 is 29.1 Å². The van der Waals surface area contributed by atoms with Gasteiger partial charge in [-0.15, -0.1) is 16.8 Å². The molecule has 0 bridgehead atoms. The van der Waals surface area contributed by atoms with Gasteiger partial charge in [0.25, 0.3) is 0 Å². The summed E-state index contributed by atoms with van der Waals surface area (Å²) < 4.78 is 15.8. The van der Waals surface area contributed by atoms with E-state index in [1.54, 1.807) is 53.1 Å². The highest BCUT2D eigenvalue weighted by molar-refractivity contribution is 7.99. The predicted octanol–water partition coefficient (Wildman–Crippen LogP) is 4.90. The maximum absolute atomic E-state index is 14.1. The molecule has 4 nitrogen and oxygen atoms in total. The number of ketones is 1. The van der Waals surface area contributed by atoms with E-state index in [-0.39, 0.29) is 17.4 Å². The Morgan fingerprint density at radius 3 is 2.62 bits per heavy atom. The van der Waals surface area contributed by atoms with Crippen molar-refractivity contribution in [3.05, 3.63) is 77.6 Å². The largest absolute Gasteiger partial charge is 0.298 e. The van der Waals surface area contributed by atoms with Crippen molar-refractivity contribution in [1.29, 1.82) is 0 Å². The molecule has 3 aromatic rings. The molecule has 0 atom stereocenters. The lowest BCUT2D eigenvalue weighted by Crippen LogP contribution is -2.05. The van der Waals surface area contributed by atoms with E-state index >= 15 is 0 Å². The summed E-state index contributed by atoms with van der Waals surface area (Å²) in [5.41, 5.74) is 0.934. The molecule has 26 heavy (non-hydrogen) atoms. The first-order chi connectivity index (χ1) is 12.6. The van der Waals surface area contributed by atoms with Crippen LogP contribution in [0, 0.1) is 5.82 Å². The molecule has 132 valence electrons. The number of hydrogen-bond donors (Lipinski definition) is 0. The number of Topliss-reactive ketones (excluding diaryl/α,β-unsaturated/α-hetero) is 1. The molecule has 0 spiro atoms. The van der Waals surface area contributed by atoms with Crippen molar-refractivity contribution in [1.82, 2.24) is 14.8 Å². The van der Waals surface area contributed by atoms with Gasteiger partial charge in [0.05, 0.1) is 11.3 Å². The minimum atomic E-state index is -0.376. The summed E-state index contributed by atoms with van der Waals surface area (Å²) in [7, 11) is 0. The number of benzene rings is 2. The van der Waals surface area contributed by atoms with Crippen LogP contribution in [0.5, 0.6) is 0 Å². The molecule has 0 radical (unpaired) electrons. The van der Waals surface area contributed by atoms with Crippen molar-refractivity contribution < 1.29 is 9.18 Å². The van der Waals surface area contributed by atoms with Crippen LogP contribution in [0.4, 0.5) is 4.39 Å². The summed E-state index contributed by atoms with van der Waals surface area (Å²) in [6.07, 6.45) is 1.68. The van der Waals surface area contributed by atoms with Gasteiger partial charge in [0.1, 0.15) is 5.82 Å². The molecule has 0 saturated carbocycles. The fourth-order valence-electron chi connectivity index (χ4n) is 2.38. The maximum atomic E-state index is 14.1. The number of nitrogens with zero attached hydrogens (tertiary/aromatic N) is 3. The Morgan fingerprint density at radius 2 is 1.92 bits per heavy atom. The summed E-state index contributed by atoms with van der Waals surface area (Å²) in [6.45, 7) is 4.14. The molecule has 0 amide bonds. The second-order valence-electron chi connectivity index (χ2n) is 5.40. The normalized spacial score (nSPS) is 10.7. The average Bonchev–Trinajstić information content (AvgIpc) is 3.03. The minimum Gasteiger partial charge on any atom is -0.298 e. The Hall–Kier alpha value is -2.44. The zero-order valence-corrected chi connectivity index (χ0v) is 15.3. The summed E-state index contributed by atoms with van der Waals surface area (Å²) >= 11 is 7.09. The number of hydrogen-bond acceptors (Lipinski definition) is 4. The van der Waals surface area contributed by atoms with Crippen molar-refractivity contribution in [3.63, 3.8) is 0 Å². The summed E-state index contributed by atoms with van der Waals surface area (Å²) in [6, 6.07) is 13.1. The van der Waals surface area contributed by atoms with E-state index in [1.165, 1.54) is 17.8 Å². The third kappa shape index (κ3) is 4.03. The van der Waals surface area contributed by atoms with Gasteiger partial charge in [0.2, 0.25) is 0 Å².